The Kier molecular flexibility index (Phi) is 6.10. The molecular formula is C26H30N4O5. The molecule has 3 aromatic rings. The van der Waals surface area contributed by atoms with Crippen molar-refractivity contribution < 1.29 is 19.7 Å². The van der Waals surface area contributed by atoms with Gasteiger partial charge in [-0.1, -0.05) is 0 Å². The van der Waals surface area contributed by atoms with Gasteiger partial charge in [-0.3, -0.25) is 14.6 Å². The highest BCUT2D eigenvalue weighted by Crippen LogP contribution is 2.43. The number of rotatable bonds is 6. The van der Waals surface area contributed by atoms with Gasteiger partial charge in [-0.15, -0.1) is 0 Å². The van der Waals surface area contributed by atoms with Gasteiger partial charge in [0.2, 0.25) is 5.91 Å². The van der Waals surface area contributed by atoms with Crippen LogP contribution in [0.2, 0.25) is 0 Å². The summed E-state index contributed by atoms with van der Waals surface area (Å²) < 4.78 is 7.04. The Balaban J connectivity index is 1.18. The number of carbonyl (C=O) groups excluding carboxylic acids is 1. The van der Waals surface area contributed by atoms with Crippen LogP contribution in [0.5, 0.6) is 17.2 Å². The summed E-state index contributed by atoms with van der Waals surface area (Å²) in [5, 5.41) is 19.4. The molecule has 2 saturated heterocycles. The van der Waals surface area contributed by atoms with E-state index in [-0.39, 0.29) is 28.4 Å². The van der Waals surface area contributed by atoms with E-state index >= 15 is 0 Å². The number of amides is 1. The molecule has 0 aliphatic carbocycles. The van der Waals surface area contributed by atoms with E-state index < -0.39 is 0 Å². The molecule has 1 spiro atoms. The van der Waals surface area contributed by atoms with Gasteiger partial charge >= 0.3 is 0 Å². The van der Waals surface area contributed by atoms with E-state index in [1.165, 1.54) is 12.1 Å². The largest absolute Gasteiger partial charge is 0.504 e. The predicted octanol–water partition coefficient (Wildman–Crippen LogP) is 2.73. The van der Waals surface area contributed by atoms with Gasteiger partial charge in [-0.25, -0.2) is 0 Å². The molecule has 2 aromatic heterocycles. The van der Waals surface area contributed by atoms with Gasteiger partial charge in [-0.05, 0) is 62.5 Å². The van der Waals surface area contributed by atoms with Gasteiger partial charge in [0.1, 0.15) is 5.75 Å². The number of piperidine rings is 1. The van der Waals surface area contributed by atoms with Gasteiger partial charge in [0, 0.05) is 43.4 Å². The van der Waals surface area contributed by atoms with Gasteiger partial charge in [0.25, 0.3) is 5.56 Å². The van der Waals surface area contributed by atoms with E-state index in [4.69, 9.17) is 4.74 Å². The quantitative estimate of drug-likeness (QED) is 0.525. The van der Waals surface area contributed by atoms with Gasteiger partial charge in [0.15, 0.2) is 11.5 Å². The minimum absolute atomic E-state index is 0.0463. The molecule has 9 nitrogen and oxygen atoms in total. The highest BCUT2D eigenvalue weighted by Gasteiger charge is 2.45. The van der Waals surface area contributed by atoms with Crippen LogP contribution in [0.3, 0.4) is 0 Å². The van der Waals surface area contributed by atoms with Crippen LogP contribution in [0.1, 0.15) is 25.7 Å². The lowest BCUT2D eigenvalue weighted by Crippen LogP contribution is -2.42. The number of carbonyl (C=O) groups is 1. The zero-order chi connectivity index (χ0) is 24.6. The van der Waals surface area contributed by atoms with E-state index in [1.54, 1.807) is 41.0 Å². The van der Waals surface area contributed by atoms with Crippen LogP contribution in [-0.2, 0) is 11.3 Å². The van der Waals surface area contributed by atoms with Crippen molar-refractivity contribution in [2.24, 2.45) is 5.41 Å². The number of fused-ring (bicyclic) bond motifs is 1. The topological polar surface area (TPSA) is 108 Å². The number of methoxy groups -OCH3 is 1. The first-order valence-corrected chi connectivity index (χ1v) is 12.0. The third kappa shape index (κ3) is 4.55. The summed E-state index contributed by atoms with van der Waals surface area (Å²) in [6, 6.07) is 9.68. The second-order valence-electron chi connectivity index (χ2n) is 9.63. The molecule has 2 aliphatic heterocycles. The highest BCUT2D eigenvalue weighted by atomic mass is 16.5. The monoisotopic (exact) mass is 478 g/mol. The van der Waals surface area contributed by atoms with E-state index in [2.05, 4.69) is 9.88 Å². The van der Waals surface area contributed by atoms with E-state index in [1.807, 2.05) is 6.07 Å². The maximum Gasteiger partial charge on any atom is 0.251 e. The smallest absolute Gasteiger partial charge is 0.251 e. The average molecular weight is 479 g/mol. The first-order chi connectivity index (χ1) is 16.9. The number of aryl methyl sites for hydroxylation is 1. The number of nitrogens with zero attached hydrogens (tertiary/aromatic N) is 4. The fourth-order valence-corrected chi connectivity index (χ4v) is 5.34. The molecule has 5 rings (SSSR count). The van der Waals surface area contributed by atoms with Crippen molar-refractivity contribution in [2.45, 2.75) is 32.2 Å². The lowest BCUT2D eigenvalue weighted by Gasteiger charge is -2.38. The normalized spacial score (nSPS) is 18.0. The number of hydrogen-bond donors (Lipinski definition) is 2. The summed E-state index contributed by atoms with van der Waals surface area (Å²) in [6.45, 7) is 3.91. The van der Waals surface area contributed by atoms with Crippen molar-refractivity contribution in [3.63, 3.8) is 0 Å². The first-order valence-electron chi connectivity index (χ1n) is 12.0. The summed E-state index contributed by atoms with van der Waals surface area (Å²) in [5.74, 6) is 0.277. The van der Waals surface area contributed by atoms with Gasteiger partial charge in [0.05, 0.1) is 24.3 Å². The van der Waals surface area contributed by atoms with Crippen molar-refractivity contribution in [1.82, 2.24) is 14.5 Å². The molecule has 2 fully saturated rings. The number of likely N-dealkylation sites (tertiary alicyclic amines) is 1. The Hall–Kier alpha value is -3.59. The minimum Gasteiger partial charge on any atom is -0.504 e. The summed E-state index contributed by atoms with van der Waals surface area (Å²) >= 11 is 0. The molecule has 0 bridgehead atoms. The first kappa shape index (κ1) is 23.2. The number of hydrogen-bond acceptors (Lipinski definition) is 7. The van der Waals surface area contributed by atoms with E-state index in [0.29, 0.717) is 30.9 Å². The summed E-state index contributed by atoms with van der Waals surface area (Å²) in [6.07, 6.45) is 4.84. The molecule has 9 heteroatoms. The van der Waals surface area contributed by atoms with Crippen molar-refractivity contribution >= 4 is 22.6 Å². The van der Waals surface area contributed by atoms with Crippen LogP contribution in [0.4, 0.5) is 5.69 Å². The maximum atomic E-state index is 12.8. The number of aromatic hydroxyl groups is 2. The zero-order valence-corrected chi connectivity index (χ0v) is 19.8. The number of aromatic nitrogens is 2. The molecule has 184 valence electrons. The van der Waals surface area contributed by atoms with Gasteiger partial charge < -0.3 is 29.3 Å². The average Bonchev–Trinajstić information content (AvgIpc) is 3.18. The number of benzene rings is 1. The van der Waals surface area contributed by atoms with Crippen LogP contribution >= 0.6 is 0 Å². The van der Waals surface area contributed by atoms with E-state index in [0.717, 1.165) is 49.9 Å². The number of phenols is 2. The molecule has 0 unspecified atom stereocenters. The third-order valence-corrected chi connectivity index (χ3v) is 7.41. The van der Waals surface area contributed by atoms with Gasteiger partial charge in [-0.2, -0.15) is 0 Å². The van der Waals surface area contributed by atoms with E-state index in [9.17, 15) is 19.8 Å². The Morgan fingerprint density at radius 2 is 1.83 bits per heavy atom. The van der Waals surface area contributed by atoms with Crippen LogP contribution < -0.4 is 15.2 Å². The molecule has 2 N–H and O–H groups in total. The molecule has 0 saturated carbocycles. The highest BCUT2D eigenvalue weighted by molar-refractivity contribution is 5.96. The van der Waals surface area contributed by atoms with Crippen LogP contribution in [0.15, 0.2) is 47.4 Å². The van der Waals surface area contributed by atoms with Crippen molar-refractivity contribution in [3.05, 3.63) is 52.9 Å². The van der Waals surface area contributed by atoms with Crippen molar-refractivity contribution in [1.29, 1.82) is 0 Å². The predicted molar refractivity (Wildman–Crippen MR) is 132 cm³/mol. The Bertz CT molecular complexity index is 1310. The third-order valence-electron chi connectivity index (χ3n) is 7.41. The summed E-state index contributed by atoms with van der Waals surface area (Å²) in [7, 11) is 1.59. The number of pyridine rings is 2. The molecule has 2 aliphatic rings. The number of ether oxygens (including phenoxy) is 1. The molecule has 1 amide bonds. The maximum absolute atomic E-state index is 12.8. The Morgan fingerprint density at radius 1 is 1.03 bits per heavy atom. The molecule has 0 atom stereocenters. The number of anilines is 1. The second-order valence-corrected chi connectivity index (χ2v) is 9.63. The lowest BCUT2D eigenvalue weighted by atomic mass is 9.77. The molecular weight excluding hydrogens is 448 g/mol. The molecule has 1 aromatic carbocycles. The summed E-state index contributed by atoms with van der Waals surface area (Å²) in [4.78, 5) is 33.8. The minimum atomic E-state index is -0.217. The standard InChI is InChI=1S/C26H30N4O5/c1-35-19-14-21-20(27-16-19)4-6-24(33)29(21)10-2-9-28-11-7-26(8-12-28)15-25(34)30(17-26)18-3-5-22(31)23(32)13-18/h3-6,13-14,16,31-32H,2,7-12,15,17H2,1H3. The lowest BCUT2D eigenvalue weighted by molar-refractivity contribution is -0.118. The Labute approximate surface area is 203 Å². The SMILES string of the molecule is COc1cnc2ccc(=O)n(CCCN3CCC4(CC3)CC(=O)N(c3ccc(O)c(O)c3)C4)c2c1. The number of phenolic OH excluding ortho intramolecular Hbond substituents is 2. The van der Waals surface area contributed by atoms with Crippen LogP contribution in [-0.4, -0.2) is 63.9 Å². The zero-order valence-electron chi connectivity index (χ0n) is 19.8. The molecule has 0 radical (unpaired) electrons. The van der Waals surface area contributed by atoms with Crippen molar-refractivity contribution in [2.75, 3.05) is 38.2 Å². The fourth-order valence-electron chi connectivity index (χ4n) is 5.34. The molecule has 35 heavy (non-hydrogen) atoms. The fraction of sp³-hybridized carbons (Fsp3) is 0.423. The van der Waals surface area contributed by atoms with Crippen LogP contribution in [0.25, 0.3) is 11.0 Å². The Morgan fingerprint density at radius 3 is 2.57 bits per heavy atom. The van der Waals surface area contributed by atoms with Crippen LogP contribution in [0, 0.1) is 5.41 Å². The summed E-state index contributed by atoms with van der Waals surface area (Å²) in [5.41, 5.74) is 2.06. The molecule has 4 heterocycles. The van der Waals surface area contributed by atoms with Crippen molar-refractivity contribution in [3.8, 4) is 17.2 Å². The second kappa shape index (κ2) is 9.22.